The first-order valence-electron chi connectivity index (χ1n) is 9.11. The highest BCUT2D eigenvalue weighted by molar-refractivity contribution is 6.11. The minimum atomic E-state index is -2.46. The van der Waals surface area contributed by atoms with E-state index in [1.807, 2.05) is 0 Å². The first-order chi connectivity index (χ1) is 13.2. The van der Waals surface area contributed by atoms with Crippen molar-refractivity contribution in [3.63, 3.8) is 0 Å². The van der Waals surface area contributed by atoms with Gasteiger partial charge in [-0.05, 0) is 25.5 Å². The molecule has 0 saturated carbocycles. The van der Waals surface area contributed by atoms with Gasteiger partial charge in [-0.2, -0.15) is 0 Å². The summed E-state index contributed by atoms with van der Waals surface area (Å²) in [7, 11) is 0. The molecular formula is C19H20FN3O5. The molecule has 4 rings (SSSR count). The lowest BCUT2D eigenvalue weighted by Crippen LogP contribution is -2.64. The SMILES string of the molecule is CC12CCC(=O)N1c1ccccc1C(=O)N2CC(=O)N1CCC(F)(C(=O)O)C1. The van der Waals surface area contributed by atoms with E-state index in [1.165, 1.54) is 4.90 Å². The lowest BCUT2D eigenvalue weighted by molar-refractivity contribution is -0.150. The summed E-state index contributed by atoms with van der Waals surface area (Å²) in [6.07, 6.45) is 0.340. The van der Waals surface area contributed by atoms with E-state index in [0.717, 1.165) is 4.90 Å². The van der Waals surface area contributed by atoms with Gasteiger partial charge in [-0.1, -0.05) is 12.1 Å². The molecule has 0 aliphatic carbocycles. The molecule has 2 atom stereocenters. The fourth-order valence-corrected chi connectivity index (χ4v) is 4.34. The Kier molecular flexibility index (Phi) is 3.95. The standard InChI is InChI=1S/C19H20FN3O5/c1-18-7-6-14(24)23(18)13-5-3-2-4-12(13)16(26)22(18)10-15(25)21-9-8-19(20,11-21)17(27)28/h2-5H,6-11H2,1H3,(H,27,28). The minimum Gasteiger partial charge on any atom is -0.479 e. The Morgan fingerprint density at radius 2 is 1.93 bits per heavy atom. The number of amides is 3. The Balaban J connectivity index is 1.63. The fraction of sp³-hybridized carbons (Fsp3) is 0.474. The average Bonchev–Trinajstić information content (AvgIpc) is 3.21. The highest BCUT2D eigenvalue weighted by Gasteiger charge is 2.54. The number of hydrogen-bond acceptors (Lipinski definition) is 4. The fourth-order valence-electron chi connectivity index (χ4n) is 4.34. The third kappa shape index (κ3) is 2.49. The Morgan fingerprint density at radius 1 is 1.21 bits per heavy atom. The van der Waals surface area contributed by atoms with Crippen molar-refractivity contribution in [3.8, 4) is 0 Å². The van der Waals surface area contributed by atoms with Crippen LogP contribution < -0.4 is 4.90 Å². The van der Waals surface area contributed by atoms with Gasteiger partial charge < -0.3 is 14.9 Å². The van der Waals surface area contributed by atoms with Crippen molar-refractivity contribution >= 4 is 29.4 Å². The third-order valence-corrected chi connectivity index (χ3v) is 5.99. The Morgan fingerprint density at radius 3 is 2.61 bits per heavy atom. The molecule has 3 amide bonds. The number of benzene rings is 1. The molecule has 3 aliphatic heterocycles. The van der Waals surface area contributed by atoms with Crippen LogP contribution in [0.15, 0.2) is 24.3 Å². The summed E-state index contributed by atoms with van der Waals surface area (Å²) in [6.45, 7) is 0.821. The number of hydrogen-bond donors (Lipinski definition) is 1. The predicted octanol–water partition coefficient (Wildman–Crippen LogP) is 1.01. The molecule has 2 unspecified atom stereocenters. The molecule has 3 heterocycles. The number of nitrogens with zero attached hydrogens (tertiary/aromatic N) is 3. The first-order valence-corrected chi connectivity index (χ1v) is 9.11. The van der Waals surface area contributed by atoms with Crippen molar-refractivity contribution in [2.45, 2.75) is 37.5 Å². The minimum absolute atomic E-state index is 0.0282. The molecular weight excluding hydrogens is 369 g/mol. The zero-order valence-electron chi connectivity index (χ0n) is 15.4. The number of rotatable bonds is 3. The van der Waals surface area contributed by atoms with E-state index in [-0.39, 0.29) is 37.7 Å². The maximum Gasteiger partial charge on any atom is 0.343 e. The summed E-state index contributed by atoms with van der Waals surface area (Å²) < 4.78 is 14.3. The number of carbonyl (C=O) groups excluding carboxylic acids is 3. The van der Waals surface area contributed by atoms with Crippen molar-refractivity contribution in [2.24, 2.45) is 0 Å². The normalized spacial score (nSPS) is 29.1. The summed E-state index contributed by atoms with van der Waals surface area (Å²) in [5, 5.41) is 9.02. The highest BCUT2D eigenvalue weighted by Crippen LogP contribution is 2.44. The van der Waals surface area contributed by atoms with Crippen LogP contribution in [0.2, 0.25) is 0 Å². The zero-order valence-corrected chi connectivity index (χ0v) is 15.4. The van der Waals surface area contributed by atoms with Crippen LogP contribution in [0.25, 0.3) is 0 Å². The maximum atomic E-state index is 14.3. The number of carboxylic acid groups (broad SMARTS) is 1. The van der Waals surface area contributed by atoms with E-state index < -0.39 is 29.8 Å². The van der Waals surface area contributed by atoms with E-state index in [4.69, 9.17) is 5.11 Å². The molecule has 0 aromatic heterocycles. The van der Waals surface area contributed by atoms with E-state index in [9.17, 15) is 23.6 Å². The average molecular weight is 389 g/mol. The summed E-state index contributed by atoms with van der Waals surface area (Å²) >= 11 is 0. The second-order valence-electron chi connectivity index (χ2n) is 7.69. The third-order valence-electron chi connectivity index (χ3n) is 5.99. The molecule has 28 heavy (non-hydrogen) atoms. The molecule has 0 bridgehead atoms. The first kappa shape index (κ1) is 18.4. The quantitative estimate of drug-likeness (QED) is 0.832. The van der Waals surface area contributed by atoms with Crippen molar-refractivity contribution in [1.82, 2.24) is 9.80 Å². The number of halogens is 1. The molecule has 1 N–H and O–H groups in total. The van der Waals surface area contributed by atoms with Gasteiger partial charge in [0, 0.05) is 19.4 Å². The van der Waals surface area contributed by atoms with Gasteiger partial charge in [0.2, 0.25) is 17.5 Å². The van der Waals surface area contributed by atoms with Crippen LogP contribution in [0.3, 0.4) is 0 Å². The number of carbonyl (C=O) groups is 4. The van der Waals surface area contributed by atoms with Crippen molar-refractivity contribution < 1.29 is 28.7 Å². The van der Waals surface area contributed by atoms with Gasteiger partial charge in [0.1, 0.15) is 12.2 Å². The number of anilines is 1. The van der Waals surface area contributed by atoms with Gasteiger partial charge in [-0.25, -0.2) is 9.18 Å². The van der Waals surface area contributed by atoms with Gasteiger partial charge in [0.05, 0.1) is 17.8 Å². The molecule has 1 aromatic carbocycles. The molecule has 9 heteroatoms. The van der Waals surface area contributed by atoms with Crippen molar-refractivity contribution in [3.05, 3.63) is 29.8 Å². The number of fused-ring (bicyclic) bond motifs is 3. The van der Waals surface area contributed by atoms with Gasteiger partial charge in [0.15, 0.2) is 0 Å². The monoisotopic (exact) mass is 389 g/mol. The number of likely N-dealkylation sites (tertiary alicyclic amines) is 1. The van der Waals surface area contributed by atoms with Gasteiger partial charge in [-0.3, -0.25) is 19.3 Å². The summed E-state index contributed by atoms with van der Waals surface area (Å²) in [5.41, 5.74) is -2.60. The molecule has 148 valence electrons. The lowest BCUT2D eigenvalue weighted by atomic mass is 9.98. The van der Waals surface area contributed by atoms with E-state index in [0.29, 0.717) is 17.7 Å². The smallest absolute Gasteiger partial charge is 0.343 e. The van der Waals surface area contributed by atoms with Gasteiger partial charge in [-0.15, -0.1) is 0 Å². The molecule has 0 spiro atoms. The lowest BCUT2D eigenvalue weighted by Gasteiger charge is -2.48. The number of alkyl halides is 1. The van der Waals surface area contributed by atoms with E-state index >= 15 is 0 Å². The molecule has 8 nitrogen and oxygen atoms in total. The largest absolute Gasteiger partial charge is 0.479 e. The molecule has 0 radical (unpaired) electrons. The van der Waals surface area contributed by atoms with Crippen LogP contribution in [0.1, 0.15) is 36.5 Å². The number of para-hydroxylation sites is 1. The zero-order chi connectivity index (χ0) is 20.3. The van der Waals surface area contributed by atoms with E-state index in [1.54, 1.807) is 36.1 Å². The molecule has 1 aromatic rings. The predicted molar refractivity (Wildman–Crippen MR) is 95.3 cm³/mol. The molecule has 2 fully saturated rings. The highest BCUT2D eigenvalue weighted by atomic mass is 19.1. The maximum absolute atomic E-state index is 14.3. The summed E-state index contributed by atoms with van der Waals surface area (Å²) in [4.78, 5) is 53.5. The molecule has 3 aliphatic rings. The Bertz CT molecular complexity index is 905. The number of aliphatic carboxylic acids is 1. The second kappa shape index (κ2) is 6.02. The summed E-state index contributed by atoms with van der Waals surface area (Å²) in [5.74, 6) is -2.63. The van der Waals surface area contributed by atoms with Crippen LogP contribution in [0.4, 0.5) is 10.1 Å². The Hall–Kier alpha value is -2.97. The van der Waals surface area contributed by atoms with E-state index in [2.05, 4.69) is 0 Å². The van der Waals surface area contributed by atoms with Gasteiger partial charge >= 0.3 is 5.97 Å². The van der Waals surface area contributed by atoms with Gasteiger partial charge in [0.25, 0.3) is 5.91 Å². The summed E-state index contributed by atoms with van der Waals surface area (Å²) in [6, 6.07) is 6.74. The van der Waals surface area contributed by atoms with Crippen molar-refractivity contribution in [1.29, 1.82) is 0 Å². The van der Waals surface area contributed by atoms with Crippen LogP contribution in [0.5, 0.6) is 0 Å². The molecule has 2 saturated heterocycles. The topological polar surface area (TPSA) is 98.2 Å². The van der Waals surface area contributed by atoms with Crippen LogP contribution >= 0.6 is 0 Å². The van der Waals surface area contributed by atoms with Crippen LogP contribution in [0, 0.1) is 0 Å². The van der Waals surface area contributed by atoms with Crippen LogP contribution in [-0.2, 0) is 14.4 Å². The Labute approximate surface area is 160 Å². The number of carboxylic acids is 1. The van der Waals surface area contributed by atoms with Crippen molar-refractivity contribution in [2.75, 3.05) is 24.5 Å². The van der Waals surface area contributed by atoms with Crippen LogP contribution in [-0.4, -0.2) is 69.6 Å². The second-order valence-corrected chi connectivity index (χ2v) is 7.69.